The summed E-state index contributed by atoms with van der Waals surface area (Å²) in [6.45, 7) is 9.24. The fourth-order valence-electron chi connectivity index (χ4n) is 5.28. The smallest absolute Gasteiger partial charge is 0 e. The molecule has 2 aliphatic rings. The van der Waals surface area contributed by atoms with Crippen molar-refractivity contribution in [1.29, 1.82) is 0 Å². The molecule has 2 fully saturated rings. The van der Waals surface area contributed by atoms with Gasteiger partial charge in [-0.2, -0.15) is 0 Å². The molecule has 1 aromatic rings. The number of benzene rings is 1. The van der Waals surface area contributed by atoms with E-state index in [0.29, 0.717) is 0 Å². The molecule has 0 atom stereocenters. The fraction of sp³-hybridized carbons (Fsp3) is 0.750. The van der Waals surface area contributed by atoms with Gasteiger partial charge in [0.2, 0.25) is 0 Å². The first kappa shape index (κ1) is 21.1. The average molecular weight is 378 g/mol. The van der Waals surface area contributed by atoms with Crippen molar-refractivity contribution in [1.82, 2.24) is 0 Å². The summed E-state index contributed by atoms with van der Waals surface area (Å²) >= 11 is 0. The van der Waals surface area contributed by atoms with Gasteiger partial charge in [0.05, 0.1) is 0 Å². The Kier molecular flexibility index (Phi) is 8.15. The third kappa shape index (κ3) is 5.90. The van der Waals surface area contributed by atoms with Crippen molar-refractivity contribution >= 4 is 0 Å². The SMILES string of the molecule is Cc1cc(CC2CCC(CC3CCC(C)CC3)CC2)cc(C)c1C.[V]. The third-order valence-corrected chi connectivity index (χ3v) is 7.28. The molecule has 0 saturated heterocycles. The summed E-state index contributed by atoms with van der Waals surface area (Å²) in [5.74, 6) is 4.04. The third-order valence-electron chi connectivity index (χ3n) is 7.28. The number of aryl methyl sites for hydroxylation is 2. The zero-order valence-electron chi connectivity index (χ0n) is 17.0. The van der Waals surface area contributed by atoms with Gasteiger partial charge in [0.25, 0.3) is 0 Å². The molecule has 1 radical (unpaired) electrons. The molecular weight excluding hydrogens is 339 g/mol. The predicted octanol–water partition coefficient (Wildman–Crippen LogP) is 7.17. The fourth-order valence-corrected chi connectivity index (χ4v) is 5.28. The van der Waals surface area contributed by atoms with E-state index in [4.69, 9.17) is 0 Å². The van der Waals surface area contributed by atoms with Gasteiger partial charge in [-0.3, -0.25) is 0 Å². The van der Waals surface area contributed by atoms with Crippen LogP contribution in [0.5, 0.6) is 0 Å². The van der Waals surface area contributed by atoms with E-state index in [9.17, 15) is 0 Å². The van der Waals surface area contributed by atoms with E-state index in [1.165, 1.54) is 74.5 Å². The summed E-state index contributed by atoms with van der Waals surface area (Å²) in [5, 5.41) is 0. The van der Waals surface area contributed by atoms with Crippen LogP contribution in [0.3, 0.4) is 0 Å². The topological polar surface area (TPSA) is 0 Å². The van der Waals surface area contributed by atoms with Gasteiger partial charge >= 0.3 is 0 Å². The van der Waals surface area contributed by atoms with E-state index in [1.54, 1.807) is 12.0 Å². The van der Waals surface area contributed by atoms with Crippen LogP contribution in [0.2, 0.25) is 0 Å². The summed E-state index contributed by atoms with van der Waals surface area (Å²) in [4.78, 5) is 0. The molecule has 0 aromatic heterocycles. The molecule has 0 unspecified atom stereocenters. The first-order valence-electron chi connectivity index (χ1n) is 10.6. The van der Waals surface area contributed by atoms with E-state index in [1.807, 2.05) is 0 Å². The molecule has 139 valence electrons. The van der Waals surface area contributed by atoms with Crippen LogP contribution in [0.1, 0.15) is 87.0 Å². The molecule has 0 spiro atoms. The van der Waals surface area contributed by atoms with Crippen molar-refractivity contribution in [3.63, 3.8) is 0 Å². The normalized spacial score (nSPS) is 29.9. The van der Waals surface area contributed by atoms with Gasteiger partial charge in [-0.25, -0.2) is 0 Å². The Bertz CT molecular complexity index is 508. The van der Waals surface area contributed by atoms with E-state index in [-0.39, 0.29) is 18.6 Å². The molecule has 0 nitrogen and oxygen atoms in total. The summed E-state index contributed by atoms with van der Waals surface area (Å²) in [6.07, 6.45) is 14.8. The van der Waals surface area contributed by atoms with E-state index >= 15 is 0 Å². The second-order valence-electron chi connectivity index (χ2n) is 9.31. The standard InChI is InChI=1S/C24H38.V/c1-17-5-7-21(8-6-17)15-22-9-11-23(12-10-22)16-24-13-18(2)20(4)19(3)14-24;/h13-14,17,21-23H,5-12,15-16H2,1-4H3;. The monoisotopic (exact) mass is 377 g/mol. The second kappa shape index (κ2) is 9.66. The molecule has 2 aliphatic carbocycles. The minimum atomic E-state index is 0. The Morgan fingerprint density at radius 3 is 1.68 bits per heavy atom. The van der Waals surface area contributed by atoms with Gasteiger partial charge in [0.15, 0.2) is 0 Å². The number of rotatable bonds is 4. The quantitative estimate of drug-likeness (QED) is 0.521. The van der Waals surface area contributed by atoms with Crippen molar-refractivity contribution < 1.29 is 18.6 Å². The Morgan fingerprint density at radius 1 is 0.720 bits per heavy atom. The van der Waals surface area contributed by atoms with Gasteiger partial charge in [-0.05, 0) is 92.4 Å². The van der Waals surface area contributed by atoms with Crippen LogP contribution in [0.15, 0.2) is 12.1 Å². The minimum absolute atomic E-state index is 0. The number of hydrogen-bond acceptors (Lipinski definition) is 0. The van der Waals surface area contributed by atoms with Crippen molar-refractivity contribution in [2.45, 2.75) is 91.9 Å². The average Bonchev–Trinajstić information content (AvgIpc) is 2.56. The van der Waals surface area contributed by atoms with Crippen LogP contribution in [0.25, 0.3) is 0 Å². The molecule has 1 aromatic carbocycles. The second-order valence-corrected chi connectivity index (χ2v) is 9.31. The van der Waals surface area contributed by atoms with Crippen LogP contribution in [0, 0.1) is 44.4 Å². The first-order chi connectivity index (χ1) is 11.5. The van der Waals surface area contributed by atoms with Gasteiger partial charge in [-0.15, -0.1) is 0 Å². The maximum Gasteiger partial charge on any atom is 0 e. The summed E-state index contributed by atoms with van der Waals surface area (Å²) in [5.41, 5.74) is 6.01. The molecule has 0 heterocycles. The Morgan fingerprint density at radius 2 is 1.16 bits per heavy atom. The molecule has 0 aliphatic heterocycles. The van der Waals surface area contributed by atoms with E-state index < -0.39 is 0 Å². The van der Waals surface area contributed by atoms with Crippen molar-refractivity contribution in [2.75, 3.05) is 0 Å². The van der Waals surface area contributed by atoms with Crippen molar-refractivity contribution in [2.24, 2.45) is 23.7 Å². The van der Waals surface area contributed by atoms with E-state index in [0.717, 1.165) is 23.7 Å². The molecule has 0 N–H and O–H groups in total. The van der Waals surface area contributed by atoms with Crippen LogP contribution >= 0.6 is 0 Å². The van der Waals surface area contributed by atoms with E-state index in [2.05, 4.69) is 39.8 Å². The largest absolute Gasteiger partial charge is 0.0625 e. The van der Waals surface area contributed by atoms with Crippen LogP contribution < -0.4 is 0 Å². The van der Waals surface area contributed by atoms with Crippen LogP contribution in [-0.4, -0.2) is 0 Å². The van der Waals surface area contributed by atoms with Crippen LogP contribution in [-0.2, 0) is 25.0 Å². The predicted molar refractivity (Wildman–Crippen MR) is 106 cm³/mol. The summed E-state index contributed by atoms with van der Waals surface area (Å²) in [6, 6.07) is 4.88. The van der Waals surface area contributed by atoms with Gasteiger partial charge in [-0.1, -0.05) is 57.6 Å². The Labute approximate surface area is 168 Å². The molecule has 2 saturated carbocycles. The maximum absolute atomic E-state index is 2.44. The molecule has 25 heavy (non-hydrogen) atoms. The molecular formula is C24H38V. The van der Waals surface area contributed by atoms with Crippen LogP contribution in [0.4, 0.5) is 0 Å². The molecule has 3 rings (SSSR count). The van der Waals surface area contributed by atoms with Gasteiger partial charge in [0, 0.05) is 18.6 Å². The zero-order chi connectivity index (χ0) is 17.1. The Hall–Kier alpha value is -0.196. The number of hydrogen-bond donors (Lipinski definition) is 0. The molecule has 0 amide bonds. The van der Waals surface area contributed by atoms with Gasteiger partial charge < -0.3 is 0 Å². The molecule has 1 heteroatoms. The molecule has 0 bridgehead atoms. The van der Waals surface area contributed by atoms with Crippen molar-refractivity contribution in [3.05, 3.63) is 34.4 Å². The van der Waals surface area contributed by atoms with Crippen molar-refractivity contribution in [3.8, 4) is 0 Å². The minimum Gasteiger partial charge on any atom is -0.0625 e. The summed E-state index contributed by atoms with van der Waals surface area (Å²) < 4.78 is 0. The van der Waals surface area contributed by atoms with Gasteiger partial charge in [0.1, 0.15) is 0 Å². The Balaban J connectivity index is 0.00000225. The summed E-state index contributed by atoms with van der Waals surface area (Å²) in [7, 11) is 0. The first-order valence-corrected chi connectivity index (χ1v) is 10.6. The zero-order valence-corrected chi connectivity index (χ0v) is 18.4. The maximum atomic E-state index is 2.44.